The highest BCUT2D eigenvalue weighted by Crippen LogP contribution is 2.40. The molecule has 164 valence electrons. The minimum atomic E-state index is -3.35. The number of fused-ring (bicyclic) bond motifs is 1. The summed E-state index contributed by atoms with van der Waals surface area (Å²) in [7, 11) is 0. The van der Waals surface area contributed by atoms with E-state index in [0.29, 0.717) is 13.2 Å². The molecule has 0 unspecified atom stereocenters. The lowest BCUT2D eigenvalue weighted by Crippen LogP contribution is -2.26. The number of carbonyl (C=O) groups is 2. The third kappa shape index (κ3) is 4.31. The molecule has 2 heterocycles. The van der Waals surface area contributed by atoms with Crippen molar-refractivity contribution in [1.82, 2.24) is 9.38 Å². The Kier molecular flexibility index (Phi) is 6.13. The summed E-state index contributed by atoms with van der Waals surface area (Å²) in [6.45, 7) is 2.31. The highest BCUT2D eigenvalue weighted by atomic mass is 35.5. The molecular weight excluding hydrogens is 428 g/mol. The summed E-state index contributed by atoms with van der Waals surface area (Å²) >= 11 is 6.23. The van der Waals surface area contributed by atoms with Crippen molar-refractivity contribution in [3.8, 4) is 0 Å². The lowest BCUT2D eigenvalue weighted by molar-refractivity contribution is -0.0460. The van der Waals surface area contributed by atoms with Gasteiger partial charge in [-0.15, -0.1) is 0 Å². The molecule has 0 aliphatic heterocycles. The molecule has 1 fully saturated rings. The Bertz CT molecular complexity index is 975. The van der Waals surface area contributed by atoms with Gasteiger partial charge in [0, 0.05) is 19.8 Å². The smallest absolute Gasteiger partial charge is 0.339 e. The molecule has 0 aromatic carbocycles. The van der Waals surface area contributed by atoms with Gasteiger partial charge in [-0.3, -0.25) is 9.20 Å². The Hall–Kier alpha value is -2.16. The minimum absolute atomic E-state index is 0.0337. The molecule has 5 nitrogen and oxygen atoms in total. The molecule has 0 spiro atoms. The first-order chi connectivity index (χ1) is 14.0. The van der Waals surface area contributed by atoms with E-state index in [0.717, 1.165) is 0 Å². The van der Waals surface area contributed by atoms with Crippen LogP contribution in [0.25, 0.3) is 5.65 Å². The number of hydrogen-bond acceptors (Lipinski definition) is 4. The fraction of sp³-hybridized carbons (Fsp3) is 0.550. The van der Waals surface area contributed by atoms with E-state index in [1.165, 1.54) is 10.5 Å². The van der Waals surface area contributed by atoms with Gasteiger partial charge in [-0.1, -0.05) is 11.6 Å². The molecule has 0 radical (unpaired) electrons. The van der Waals surface area contributed by atoms with Crippen LogP contribution in [0.3, 0.4) is 0 Å². The average Bonchev–Trinajstić information content (AvgIpc) is 3.01. The van der Waals surface area contributed by atoms with Crippen molar-refractivity contribution in [1.29, 1.82) is 0 Å². The number of imidazole rings is 1. The second-order valence-corrected chi connectivity index (χ2v) is 7.97. The zero-order valence-corrected chi connectivity index (χ0v) is 17.2. The monoisotopic (exact) mass is 448 g/mol. The van der Waals surface area contributed by atoms with E-state index >= 15 is 0 Å². The second-order valence-electron chi connectivity index (χ2n) is 7.59. The number of carbonyl (C=O) groups excluding carboxylic acids is 2. The van der Waals surface area contributed by atoms with Gasteiger partial charge in [0.1, 0.15) is 17.0 Å². The van der Waals surface area contributed by atoms with Gasteiger partial charge in [0.15, 0.2) is 6.29 Å². The van der Waals surface area contributed by atoms with E-state index in [2.05, 4.69) is 4.98 Å². The number of pyridine rings is 1. The van der Waals surface area contributed by atoms with Crippen LogP contribution in [0.1, 0.15) is 71.8 Å². The first kappa shape index (κ1) is 22.5. The molecule has 0 N–H and O–H groups in total. The summed E-state index contributed by atoms with van der Waals surface area (Å²) < 4.78 is 61.7. The van der Waals surface area contributed by atoms with Gasteiger partial charge in [0.05, 0.1) is 22.9 Å². The van der Waals surface area contributed by atoms with Crippen molar-refractivity contribution in [3.63, 3.8) is 0 Å². The maximum absolute atomic E-state index is 14.3. The third-order valence-corrected chi connectivity index (χ3v) is 5.71. The quantitative estimate of drug-likeness (QED) is 0.334. The van der Waals surface area contributed by atoms with Crippen LogP contribution >= 0.6 is 11.6 Å². The number of nitrogens with zero attached hydrogens (tertiary/aromatic N) is 2. The van der Waals surface area contributed by atoms with Gasteiger partial charge >= 0.3 is 5.97 Å². The van der Waals surface area contributed by atoms with Crippen LogP contribution < -0.4 is 0 Å². The number of aldehydes is 1. The van der Waals surface area contributed by atoms with Crippen molar-refractivity contribution < 1.29 is 31.9 Å². The molecule has 1 saturated carbocycles. The van der Waals surface area contributed by atoms with Crippen LogP contribution in [-0.4, -0.2) is 34.2 Å². The number of aromatic nitrogens is 2. The fourth-order valence-corrected chi connectivity index (χ4v) is 4.11. The number of rotatable bonds is 6. The Morgan fingerprint density at radius 3 is 2.57 bits per heavy atom. The fourth-order valence-electron chi connectivity index (χ4n) is 3.85. The number of alkyl halides is 4. The molecule has 3 rings (SSSR count). The van der Waals surface area contributed by atoms with Gasteiger partial charge < -0.3 is 4.74 Å². The molecular formula is C20H21ClF4N2O3. The lowest BCUT2D eigenvalue weighted by Gasteiger charge is -2.28. The van der Waals surface area contributed by atoms with Crippen molar-refractivity contribution in [2.24, 2.45) is 5.92 Å². The Balaban J connectivity index is 2.16. The zero-order valence-electron chi connectivity index (χ0n) is 16.5. The van der Waals surface area contributed by atoms with Gasteiger partial charge in [-0.25, -0.2) is 18.6 Å². The maximum Gasteiger partial charge on any atom is 0.339 e. The van der Waals surface area contributed by atoms with E-state index in [-0.39, 0.29) is 72.3 Å². The summed E-state index contributed by atoms with van der Waals surface area (Å²) in [4.78, 5) is 27.9. The Morgan fingerprint density at radius 1 is 1.40 bits per heavy atom. The molecule has 0 atom stereocenters. The summed E-state index contributed by atoms with van der Waals surface area (Å²) in [5.74, 6) is -7.18. The van der Waals surface area contributed by atoms with Gasteiger partial charge in [0.2, 0.25) is 5.92 Å². The van der Waals surface area contributed by atoms with Gasteiger partial charge in [0.25, 0.3) is 5.92 Å². The van der Waals surface area contributed by atoms with E-state index in [1.54, 1.807) is 6.92 Å². The SMILES string of the molecule is CCOC(=O)c1cc2nc(C(C)(F)F)c(CC3CCC(F)(F)CC3)n2c(C=O)c1Cl. The minimum Gasteiger partial charge on any atom is -0.462 e. The zero-order chi connectivity index (χ0) is 22.3. The van der Waals surface area contributed by atoms with Crippen LogP contribution in [0.5, 0.6) is 0 Å². The largest absolute Gasteiger partial charge is 0.462 e. The topological polar surface area (TPSA) is 60.7 Å². The number of halogens is 5. The van der Waals surface area contributed by atoms with Crippen LogP contribution in [0.2, 0.25) is 5.02 Å². The normalized spacial score (nSPS) is 17.3. The van der Waals surface area contributed by atoms with Crippen LogP contribution in [0, 0.1) is 5.92 Å². The maximum atomic E-state index is 14.3. The number of esters is 1. The van der Waals surface area contributed by atoms with Gasteiger partial charge in [-0.2, -0.15) is 8.78 Å². The summed E-state index contributed by atoms with van der Waals surface area (Å²) in [6.07, 6.45) is 0.0862. The predicted octanol–water partition coefficient (Wildman–Crippen LogP) is 5.46. The Labute approximate surface area is 175 Å². The van der Waals surface area contributed by atoms with Gasteiger partial charge in [-0.05, 0) is 38.2 Å². The van der Waals surface area contributed by atoms with Crippen LogP contribution in [-0.2, 0) is 17.1 Å². The highest BCUT2D eigenvalue weighted by molar-refractivity contribution is 6.35. The third-order valence-electron chi connectivity index (χ3n) is 5.32. The highest BCUT2D eigenvalue weighted by Gasteiger charge is 2.38. The first-order valence-corrected chi connectivity index (χ1v) is 9.98. The molecule has 0 amide bonds. The first-order valence-electron chi connectivity index (χ1n) is 9.60. The van der Waals surface area contributed by atoms with Crippen LogP contribution in [0.4, 0.5) is 17.6 Å². The molecule has 2 aromatic heterocycles. The molecule has 1 aliphatic rings. The van der Waals surface area contributed by atoms with Crippen molar-refractivity contribution in [2.75, 3.05) is 6.61 Å². The lowest BCUT2D eigenvalue weighted by atomic mass is 9.83. The molecule has 30 heavy (non-hydrogen) atoms. The van der Waals surface area contributed by atoms with Crippen molar-refractivity contribution >= 4 is 29.5 Å². The van der Waals surface area contributed by atoms with Crippen LogP contribution in [0.15, 0.2) is 6.07 Å². The average molecular weight is 449 g/mol. The Morgan fingerprint density at radius 2 is 2.03 bits per heavy atom. The predicted molar refractivity (Wildman–Crippen MR) is 102 cm³/mol. The molecule has 2 aromatic rings. The number of ether oxygens (including phenoxy) is 1. The standard InChI is InChI=1S/C20H21ClF4N2O3/c1-3-30-18(29)12-9-15-26-17(19(2,22)23)13(27(15)14(10-28)16(12)21)8-11-4-6-20(24,25)7-5-11/h9-11H,3-8H2,1-2H3. The van der Waals surface area contributed by atoms with E-state index in [1.807, 2.05) is 0 Å². The summed E-state index contributed by atoms with van der Waals surface area (Å²) in [5.41, 5.74) is -0.964. The van der Waals surface area contributed by atoms with E-state index < -0.39 is 23.5 Å². The molecule has 10 heteroatoms. The van der Waals surface area contributed by atoms with E-state index in [9.17, 15) is 27.2 Å². The molecule has 0 bridgehead atoms. The molecule has 0 saturated heterocycles. The van der Waals surface area contributed by atoms with E-state index in [4.69, 9.17) is 16.3 Å². The summed E-state index contributed by atoms with van der Waals surface area (Å²) in [5, 5.41) is -0.240. The molecule has 1 aliphatic carbocycles. The second kappa shape index (κ2) is 8.17. The van der Waals surface area contributed by atoms with Crippen molar-refractivity contribution in [2.45, 2.75) is 57.8 Å². The number of hydrogen-bond donors (Lipinski definition) is 0. The van der Waals surface area contributed by atoms with Crippen molar-refractivity contribution in [3.05, 3.63) is 33.7 Å². The summed E-state index contributed by atoms with van der Waals surface area (Å²) in [6, 6.07) is 1.20.